The van der Waals surface area contributed by atoms with E-state index < -0.39 is 16.7 Å². The van der Waals surface area contributed by atoms with Gasteiger partial charge in [-0.3, -0.25) is 24.6 Å². The molecule has 0 radical (unpaired) electrons. The van der Waals surface area contributed by atoms with Gasteiger partial charge in [-0.15, -0.1) is 0 Å². The summed E-state index contributed by atoms with van der Waals surface area (Å²) in [4.78, 5) is 36.4. The van der Waals surface area contributed by atoms with Crippen LogP contribution in [0, 0.1) is 10.1 Å². The number of hydrogen-bond donors (Lipinski definition) is 1. The zero-order chi connectivity index (χ0) is 17.1. The van der Waals surface area contributed by atoms with Crippen molar-refractivity contribution in [3.05, 3.63) is 33.4 Å². The molecule has 2 N–H and O–H groups in total. The Labute approximate surface area is 134 Å². The maximum absolute atomic E-state index is 11.5. The van der Waals surface area contributed by atoms with E-state index in [1.807, 2.05) is 0 Å². The Hall–Kier alpha value is -2.48. The minimum absolute atomic E-state index is 0.0217. The molecule has 2 amide bonds. The van der Waals surface area contributed by atoms with Crippen molar-refractivity contribution in [1.29, 1.82) is 0 Å². The molecular formula is C15H20N4O4. The Kier molecular flexibility index (Phi) is 4.95. The lowest BCUT2D eigenvalue weighted by atomic mass is 10.1. The fraction of sp³-hybridized carbons (Fsp3) is 0.467. The summed E-state index contributed by atoms with van der Waals surface area (Å²) in [7, 11) is 1.31. The standard InChI is InChI=1S/C9H7N3O4.C6H13N/c1-11-8(13)4-2-6(10)7(12(15)16)3-5(4)9(11)14;1-2-7-5-3-4-6-7/h2-3H,10H2,1H3;2-6H2,1H3. The zero-order valence-corrected chi connectivity index (χ0v) is 13.2. The number of amides is 2. The molecule has 124 valence electrons. The molecule has 2 aliphatic heterocycles. The van der Waals surface area contributed by atoms with Gasteiger partial charge in [0, 0.05) is 13.1 Å². The Bertz CT molecular complexity index is 653. The fourth-order valence-corrected chi connectivity index (χ4v) is 2.67. The van der Waals surface area contributed by atoms with Crippen LogP contribution in [0.4, 0.5) is 11.4 Å². The van der Waals surface area contributed by atoms with Gasteiger partial charge in [0.05, 0.1) is 16.1 Å². The Morgan fingerprint density at radius 2 is 1.70 bits per heavy atom. The molecule has 0 atom stereocenters. The molecule has 8 heteroatoms. The first-order valence-electron chi connectivity index (χ1n) is 7.49. The summed E-state index contributed by atoms with van der Waals surface area (Å²) in [6.07, 6.45) is 2.85. The Morgan fingerprint density at radius 3 is 2.13 bits per heavy atom. The number of nitro benzene ring substituents is 1. The molecule has 0 spiro atoms. The first-order chi connectivity index (χ1) is 10.9. The van der Waals surface area contributed by atoms with Crippen LogP contribution in [0.2, 0.25) is 0 Å². The number of nitrogens with zero attached hydrogens (tertiary/aromatic N) is 3. The van der Waals surface area contributed by atoms with Crippen LogP contribution in [0.25, 0.3) is 0 Å². The molecule has 2 aliphatic rings. The number of hydrogen-bond acceptors (Lipinski definition) is 6. The largest absolute Gasteiger partial charge is 0.393 e. The van der Waals surface area contributed by atoms with Gasteiger partial charge in [0.25, 0.3) is 17.5 Å². The summed E-state index contributed by atoms with van der Waals surface area (Å²) < 4.78 is 0. The number of nitro groups is 1. The fourth-order valence-electron chi connectivity index (χ4n) is 2.67. The molecule has 0 aromatic heterocycles. The van der Waals surface area contributed by atoms with Crippen molar-refractivity contribution >= 4 is 23.2 Å². The second-order valence-electron chi connectivity index (χ2n) is 5.52. The van der Waals surface area contributed by atoms with Gasteiger partial charge in [0.1, 0.15) is 5.69 Å². The van der Waals surface area contributed by atoms with Gasteiger partial charge in [0.2, 0.25) is 0 Å². The van der Waals surface area contributed by atoms with Gasteiger partial charge in [-0.05, 0) is 38.5 Å². The first-order valence-corrected chi connectivity index (χ1v) is 7.49. The normalized spacial score (nSPS) is 17.0. The molecule has 23 heavy (non-hydrogen) atoms. The summed E-state index contributed by atoms with van der Waals surface area (Å²) >= 11 is 0. The summed E-state index contributed by atoms with van der Waals surface area (Å²) in [5.74, 6) is -1.05. The highest BCUT2D eigenvalue weighted by atomic mass is 16.6. The van der Waals surface area contributed by atoms with E-state index in [4.69, 9.17) is 5.73 Å². The highest BCUT2D eigenvalue weighted by Crippen LogP contribution is 2.30. The van der Waals surface area contributed by atoms with Gasteiger partial charge in [-0.1, -0.05) is 6.92 Å². The van der Waals surface area contributed by atoms with Crippen LogP contribution < -0.4 is 5.73 Å². The third-order valence-corrected chi connectivity index (χ3v) is 4.08. The summed E-state index contributed by atoms with van der Waals surface area (Å²) in [5.41, 5.74) is 5.06. The van der Waals surface area contributed by atoms with E-state index in [1.165, 1.54) is 39.5 Å². The summed E-state index contributed by atoms with van der Waals surface area (Å²) in [6, 6.07) is 2.20. The van der Waals surface area contributed by atoms with Gasteiger partial charge in [-0.2, -0.15) is 0 Å². The van der Waals surface area contributed by atoms with Crippen LogP contribution in [-0.4, -0.2) is 53.2 Å². The molecule has 2 heterocycles. The molecule has 0 aliphatic carbocycles. The van der Waals surface area contributed by atoms with E-state index in [0.717, 1.165) is 17.0 Å². The van der Waals surface area contributed by atoms with E-state index in [1.54, 1.807) is 0 Å². The van der Waals surface area contributed by atoms with Crippen molar-refractivity contribution in [2.75, 3.05) is 32.4 Å². The van der Waals surface area contributed by atoms with E-state index >= 15 is 0 Å². The van der Waals surface area contributed by atoms with E-state index in [2.05, 4.69) is 11.8 Å². The molecule has 3 rings (SSSR count). The predicted octanol–water partition coefficient (Wildman–Crippen LogP) is 1.50. The van der Waals surface area contributed by atoms with Crippen LogP contribution in [0.5, 0.6) is 0 Å². The Balaban J connectivity index is 0.000000229. The van der Waals surface area contributed by atoms with E-state index in [-0.39, 0.29) is 22.5 Å². The van der Waals surface area contributed by atoms with Crippen molar-refractivity contribution in [1.82, 2.24) is 9.80 Å². The molecule has 0 saturated carbocycles. The van der Waals surface area contributed by atoms with Crippen LogP contribution >= 0.6 is 0 Å². The molecular weight excluding hydrogens is 300 g/mol. The predicted molar refractivity (Wildman–Crippen MR) is 85.3 cm³/mol. The first kappa shape index (κ1) is 16.9. The maximum Gasteiger partial charge on any atom is 0.292 e. The lowest BCUT2D eigenvalue weighted by Crippen LogP contribution is -2.24. The third-order valence-electron chi connectivity index (χ3n) is 4.08. The third kappa shape index (κ3) is 3.31. The number of carbonyl (C=O) groups excluding carboxylic acids is 2. The number of rotatable bonds is 2. The second-order valence-corrected chi connectivity index (χ2v) is 5.52. The molecule has 1 aromatic carbocycles. The monoisotopic (exact) mass is 320 g/mol. The van der Waals surface area contributed by atoms with Gasteiger partial charge < -0.3 is 10.6 Å². The minimum atomic E-state index is -0.689. The number of likely N-dealkylation sites (tertiary alicyclic amines) is 1. The van der Waals surface area contributed by atoms with Crippen molar-refractivity contribution in [2.24, 2.45) is 0 Å². The maximum atomic E-state index is 11.5. The SMILES string of the molecule is CCN1CCCC1.CN1C(=O)c2cc(N)c([N+](=O)[O-])cc2C1=O. The second kappa shape index (κ2) is 6.74. The topological polar surface area (TPSA) is 110 Å². The number of imide groups is 1. The summed E-state index contributed by atoms with van der Waals surface area (Å²) in [6.45, 7) is 6.16. The lowest BCUT2D eigenvalue weighted by Gasteiger charge is -2.08. The molecule has 0 unspecified atom stereocenters. The van der Waals surface area contributed by atoms with Crippen molar-refractivity contribution in [2.45, 2.75) is 19.8 Å². The Morgan fingerprint density at radius 1 is 1.17 bits per heavy atom. The molecule has 8 nitrogen and oxygen atoms in total. The number of nitrogen functional groups attached to an aromatic ring is 1. The molecule has 1 fully saturated rings. The average molecular weight is 320 g/mol. The number of nitrogens with two attached hydrogens (primary N) is 1. The van der Waals surface area contributed by atoms with E-state index in [9.17, 15) is 19.7 Å². The van der Waals surface area contributed by atoms with E-state index in [0.29, 0.717) is 0 Å². The minimum Gasteiger partial charge on any atom is -0.393 e. The highest BCUT2D eigenvalue weighted by molar-refractivity contribution is 6.22. The molecule has 0 bridgehead atoms. The van der Waals surface area contributed by atoms with Crippen LogP contribution in [0.1, 0.15) is 40.5 Å². The highest BCUT2D eigenvalue weighted by Gasteiger charge is 2.35. The van der Waals surface area contributed by atoms with Crippen LogP contribution in [-0.2, 0) is 0 Å². The molecule has 1 aromatic rings. The van der Waals surface area contributed by atoms with Crippen molar-refractivity contribution in [3.8, 4) is 0 Å². The number of carbonyl (C=O) groups is 2. The average Bonchev–Trinajstić information content (AvgIpc) is 3.12. The van der Waals surface area contributed by atoms with Gasteiger partial charge in [-0.25, -0.2) is 0 Å². The van der Waals surface area contributed by atoms with Crippen molar-refractivity contribution in [3.63, 3.8) is 0 Å². The van der Waals surface area contributed by atoms with Crippen LogP contribution in [0.15, 0.2) is 12.1 Å². The quantitative estimate of drug-likeness (QED) is 0.383. The van der Waals surface area contributed by atoms with Gasteiger partial charge in [0.15, 0.2) is 0 Å². The zero-order valence-electron chi connectivity index (χ0n) is 13.2. The number of benzene rings is 1. The number of anilines is 1. The summed E-state index contributed by atoms with van der Waals surface area (Å²) in [5, 5.41) is 10.6. The molecule has 1 saturated heterocycles. The number of fused-ring (bicyclic) bond motifs is 1. The van der Waals surface area contributed by atoms with Crippen molar-refractivity contribution < 1.29 is 14.5 Å². The lowest BCUT2D eigenvalue weighted by molar-refractivity contribution is -0.383. The van der Waals surface area contributed by atoms with Crippen LogP contribution in [0.3, 0.4) is 0 Å². The smallest absolute Gasteiger partial charge is 0.292 e. The van der Waals surface area contributed by atoms with Gasteiger partial charge >= 0.3 is 0 Å².